The number of anilines is 1. The predicted octanol–water partition coefficient (Wildman–Crippen LogP) is 4.59. The quantitative estimate of drug-likeness (QED) is 0.145. The van der Waals surface area contributed by atoms with Gasteiger partial charge in [-0.05, 0) is 46.5 Å². The monoisotopic (exact) mass is 517 g/mol. The van der Waals surface area contributed by atoms with Crippen LogP contribution in [0.2, 0.25) is 0 Å². The number of amides is 1. The molecule has 11 heteroatoms. The number of nitrogen functional groups attached to an aromatic ring is 1. The molecule has 2 rings (SSSR count). The van der Waals surface area contributed by atoms with Gasteiger partial charge in [0.1, 0.15) is 5.60 Å². The highest BCUT2D eigenvalue weighted by Gasteiger charge is 2.19. The molecule has 2 aromatic rings. The van der Waals surface area contributed by atoms with Gasteiger partial charge in [-0.2, -0.15) is 5.10 Å². The minimum atomic E-state index is -0.470. The van der Waals surface area contributed by atoms with Crippen LogP contribution in [-0.4, -0.2) is 38.4 Å². The summed E-state index contributed by atoms with van der Waals surface area (Å²) in [5.74, 6) is 0.956. The summed E-state index contributed by atoms with van der Waals surface area (Å²) in [7, 11) is 0. The van der Waals surface area contributed by atoms with Gasteiger partial charge in [0.05, 0.1) is 31.7 Å². The van der Waals surface area contributed by atoms with Crippen molar-refractivity contribution in [3.05, 3.63) is 18.6 Å². The lowest BCUT2D eigenvalue weighted by molar-refractivity contribution is -0.683. The number of carbonyl (C=O) groups is 2. The van der Waals surface area contributed by atoms with E-state index in [0.717, 1.165) is 31.8 Å². The lowest BCUT2D eigenvalue weighted by atomic mass is 10.2. The Kier molecular flexibility index (Phi) is 12.2. The number of nitrogens with one attached hydrogen (secondary N) is 1. The molecule has 0 aliphatic carbocycles. The van der Waals surface area contributed by atoms with Crippen LogP contribution in [0.25, 0.3) is 0 Å². The molecule has 0 aliphatic heterocycles. The van der Waals surface area contributed by atoms with E-state index in [0.29, 0.717) is 44.0 Å². The van der Waals surface area contributed by atoms with Crippen molar-refractivity contribution in [3.63, 3.8) is 0 Å². The number of aryl methyl sites for hydroxylation is 3. The first-order valence-corrected chi connectivity index (χ1v) is 13.4. The third kappa shape index (κ3) is 11.1. The number of azo groups is 1. The average Bonchev–Trinajstić information content (AvgIpc) is 3.37. The summed E-state index contributed by atoms with van der Waals surface area (Å²) >= 11 is 0. The molecular weight excluding hydrogens is 472 g/mol. The molecule has 3 N–H and O–H groups in total. The zero-order valence-corrected chi connectivity index (χ0v) is 23.2. The fourth-order valence-electron chi connectivity index (χ4n) is 3.81. The Labute approximate surface area is 220 Å². The van der Waals surface area contributed by atoms with Gasteiger partial charge in [0.15, 0.2) is 11.5 Å². The van der Waals surface area contributed by atoms with E-state index in [1.54, 1.807) is 10.9 Å². The number of unbranched alkanes of at least 4 members (excludes halogenated alkanes) is 4. The van der Waals surface area contributed by atoms with E-state index in [-0.39, 0.29) is 11.9 Å². The highest BCUT2D eigenvalue weighted by molar-refractivity contribution is 5.72. The van der Waals surface area contributed by atoms with Crippen molar-refractivity contribution in [2.45, 2.75) is 111 Å². The maximum atomic E-state index is 11.9. The number of nitrogens with two attached hydrogens (primary N) is 1. The van der Waals surface area contributed by atoms with E-state index < -0.39 is 5.60 Å². The molecule has 37 heavy (non-hydrogen) atoms. The summed E-state index contributed by atoms with van der Waals surface area (Å²) in [5.41, 5.74) is 6.33. The molecule has 206 valence electrons. The smallest absolute Gasteiger partial charge is 0.421 e. The highest BCUT2D eigenvalue weighted by atomic mass is 16.6. The molecule has 0 atom stereocenters. The lowest BCUT2D eigenvalue weighted by Crippen LogP contribution is -2.34. The number of esters is 1. The number of hydrogen-bond donors (Lipinski definition) is 2. The Balaban J connectivity index is 2.01. The van der Waals surface area contributed by atoms with E-state index in [9.17, 15) is 9.59 Å². The first kappa shape index (κ1) is 30.0. The van der Waals surface area contributed by atoms with Crippen LogP contribution >= 0.6 is 0 Å². The van der Waals surface area contributed by atoms with Gasteiger partial charge in [-0.25, -0.2) is 13.8 Å². The van der Waals surface area contributed by atoms with Crippen LogP contribution < -0.4 is 15.6 Å². The minimum Gasteiger partial charge on any atom is -0.460 e. The van der Waals surface area contributed by atoms with Gasteiger partial charge < -0.3 is 15.8 Å². The van der Waals surface area contributed by atoms with Gasteiger partial charge >= 0.3 is 11.9 Å². The molecule has 0 bridgehead atoms. The van der Waals surface area contributed by atoms with Crippen LogP contribution in [0.3, 0.4) is 0 Å². The Hall–Kier alpha value is -3.24. The first-order valence-electron chi connectivity index (χ1n) is 13.4. The van der Waals surface area contributed by atoms with Crippen LogP contribution in [-0.2, 0) is 34.0 Å². The first-order chi connectivity index (χ1) is 17.6. The van der Waals surface area contributed by atoms with Gasteiger partial charge in [-0.15, -0.1) is 0 Å². The zero-order valence-electron chi connectivity index (χ0n) is 23.2. The number of rotatable bonds is 16. The summed E-state index contributed by atoms with van der Waals surface area (Å²) in [6.45, 7) is 12.1. The van der Waals surface area contributed by atoms with E-state index in [1.165, 1.54) is 26.2 Å². The highest BCUT2D eigenvalue weighted by Crippen LogP contribution is 2.24. The van der Waals surface area contributed by atoms with Crippen molar-refractivity contribution in [3.8, 4) is 0 Å². The average molecular weight is 518 g/mol. The van der Waals surface area contributed by atoms with Gasteiger partial charge in [0, 0.05) is 31.5 Å². The van der Waals surface area contributed by atoms with Crippen molar-refractivity contribution in [2.75, 3.05) is 12.3 Å². The van der Waals surface area contributed by atoms with Crippen LogP contribution in [0.4, 0.5) is 17.5 Å². The normalized spacial score (nSPS) is 11.8. The molecule has 0 saturated heterocycles. The summed E-state index contributed by atoms with van der Waals surface area (Å²) < 4.78 is 11.2. The number of hydrogen-bond acceptors (Lipinski definition) is 7. The van der Waals surface area contributed by atoms with Crippen molar-refractivity contribution < 1.29 is 18.9 Å². The second-order valence-electron chi connectivity index (χ2n) is 10.3. The molecule has 0 aromatic carbocycles. The van der Waals surface area contributed by atoms with E-state index in [2.05, 4.69) is 32.1 Å². The number of aromatic nitrogens is 4. The number of imidazole rings is 1. The van der Waals surface area contributed by atoms with E-state index in [1.807, 2.05) is 37.7 Å². The summed E-state index contributed by atoms with van der Waals surface area (Å²) in [6.07, 6.45) is 12.9. The summed E-state index contributed by atoms with van der Waals surface area (Å²) in [4.78, 5) is 23.0. The van der Waals surface area contributed by atoms with Gasteiger partial charge in [0.2, 0.25) is 5.91 Å². The lowest BCUT2D eigenvalue weighted by Gasteiger charge is -2.19. The number of ether oxygens (including phenoxy) is 1. The van der Waals surface area contributed by atoms with Gasteiger partial charge in [-0.3, -0.25) is 9.59 Å². The van der Waals surface area contributed by atoms with Crippen molar-refractivity contribution in [1.82, 2.24) is 19.7 Å². The molecule has 11 nitrogen and oxygen atoms in total. The minimum absolute atomic E-state index is 0.0317. The molecule has 0 aliphatic rings. The molecule has 0 unspecified atom stereocenters. The molecule has 1 amide bonds. The van der Waals surface area contributed by atoms with Crippen molar-refractivity contribution >= 4 is 29.3 Å². The van der Waals surface area contributed by atoms with Crippen molar-refractivity contribution in [1.29, 1.82) is 0 Å². The second kappa shape index (κ2) is 15.1. The molecule has 2 heterocycles. The standard InChI is InChI=1S/C26H44N8O3/c1-6-7-8-10-15-32-18-19-33(16-12-14-28-21(2)35)25(32)31-30-22-20-29-34(24(22)27)17-11-9-13-23(36)37-26(3,4)5/h18-20,27H,6-17H2,1-5H3,(H,28,35)/p+1. The molecule has 0 radical (unpaired) electrons. The number of nitrogens with zero attached hydrogens (tertiary/aromatic N) is 6. The maximum Gasteiger partial charge on any atom is 0.421 e. The Bertz CT molecular complexity index is 1020. The second-order valence-corrected chi connectivity index (χ2v) is 10.3. The van der Waals surface area contributed by atoms with Crippen LogP contribution in [0.1, 0.15) is 86.0 Å². The largest absolute Gasteiger partial charge is 0.460 e. The zero-order chi connectivity index (χ0) is 27.3. The fraction of sp³-hybridized carbons (Fsp3) is 0.692. The third-order valence-corrected chi connectivity index (χ3v) is 5.67. The van der Waals surface area contributed by atoms with Crippen LogP contribution in [0.5, 0.6) is 0 Å². The van der Waals surface area contributed by atoms with E-state index in [4.69, 9.17) is 10.5 Å². The Morgan fingerprint density at radius 3 is 2.57 bits per heavy atom. The SMILES string of the molecule is CCCCCCn1cc[n+](CCCNC(C)=O)c1N=Nc1cnn(CCCCC(=O)OC(C)(C)C)c1N. The maximum absolute atomic E-state index is 11.9. The number of carbonyl (C=O) groups excluding carboxylic acids is 2. The van der Waals surface area contributed by atoms with Crippen molar-refractivity contribution in [2.24, 2.45) is 10.2 Å². The predicted molar refractivity (Wildman–Crippen MR) is 143 cm³/mol. The van der Waals surface area contributed by atoms with Gasteiger partial charge in [-0.1, -0.05) is 31.3 Å². The topological polar surface area (TPSA) is 133 Å². The van der Waals surface area contributed by atoms with Gasteiger partial charge in [0.25, 0.3) is 0 Å². The summed E-state index contributed by atoms with van der Waals surface area (Å²) in [5, 5.41) is 16.1. The third-order valence-electron chi connectivity index (χ3n) is 5.67. The molecule has 0 spiro atoms. The Morgan fingerprint density at radius 1 is 1.11 bits per heavy atom. The van der Waals surface area contributed by atoms with E-state index >= 15 is 0 Å². The molecule has 0 saturated carbocycles. The van der Waals surface area contributed by atoms with Crippen LogP contribution in [0.15, 0.2) is 28.8 Å². The summed E-state index contributed by atoms with van der Waals surface area (Å²) in [6, 6.07) is 0. The molecule has 0 fully saturated rings. The van der Waals surface area contributed by atoms with Crippen LogP contribution in [0, 0.1) is 0 Å². The molecule has 2 aromatic heterocycles. The fourth-order valence-corrected chi connectivity index (χ4v) is 3.81. The molecular formula is C26H45N8O3+. The Morgan fingerprint density at radius 2 is 1.86 bits per heavy atom.